The molecule has 3 atom stereocenters. The van der Waals surface area contributed by atoms with Crippen LogP contribution in [0.25, 0.3) is 39.6 Å². The molecule has 104 heavy (non-hydrogen) atoms. The highest BCUT2D eigenvalue weighted by atomic mass is 79.9. The van der Waals surface area contributed by atoms with E-state index in [1.165, 1.54) is 33.9 Å². The standard InChI is InChI=1S/C21H26F5N5O2Si.C15H12F5N5O.C14H19BrF3N3O2Si.C13H19BF2N2O2/c1-13-9-30-18(32)16(14-8-27-29(10-14)11-15-7-20(15,22)23)17(21(24,25)26)28-19(30)31(13)12-33-5-6-34(2,3)4;1-7-4-25-12(26)10(11(15(18,19)20)23-13(25)22-7)8-3-21-24(5-8)6-9-2-14(9,16)17;1-9-7-20-12(22)10(15)11(14(16,17)18)19-13(20)21(9)8-23-5-6-24(2,3)4;1-11(2)12(3,4)20-14(19-11)10-6-17-18(8-10)7-9-5-13(9,15)16/h8-10,15H,5-7,11-12H2,1-4H3;3-5,9H,2,6H2,1H3,(H,22,23);7H,5-6,8H2,1-4H3;6,8-9H,5,7H2,1-4H3. The van der Waals surface area contributed by atoms with Gasteiger partial charge in [-0.2, -0.15) is 54.8 Å². The average molecular weight is 1590 g/mol. The predicted octanol–water partition coefficient (Wildman–Crippen LogP) is 13.3. The summed E-state index contributed by atoms with van der Waals surface area (Å²) in [7, 11) is -3.10. The lowest BCUT2D eigenvalue weighted by Gasteiger charge is -2.32. The van der Waals surface area contributed by atoms with Crippen LogP contribution in [0.2, 0.25) is 51.4 Å². The van der Waals surface area contributed by atoms with E-state index in [0.29, 0.717) is 30.3 Å². The molecule has 4 aliphatic rings. The maximum atomic E-state index is 14.0. The van der Waals surface area contributed by atoms with Gasteiger partial charge in [-0.1, -0.05) is 39.3 Å². The van der Waals surface area contributed by atoms with Gasteiger partial charge in [0.25, 0.3) is 34.4 Å². The van der Waals surface area contributed by atoms with Crippen molar-refractivity contribution in [2.24, 2.45) is 17.8 Å². The minimum atomic E-state index is -4.92. The van der Waals surface area contributed by atoms with Crippen LogP contribution in [-0.4, -0.2) is 137 Å². The van der Waals surface area contributed by atoms with Gasteiger partial charge in [-0.15, -0.1) is 0 Å². The second-order valence-corrected chi connectivity index (χ2v) is 41.9. The first kappa shape index (κ1) is 79.2. The van der Waals surface area contributed by atoms with Gasteiger partial charge >= 0.3 is 25.6 Å². The Morgan fingerprint density at radius 1 is 0.538 bits per heavy atom. The Labute approximate surface area is 594 Å². The number of hydrogen-bond donors (Lipinski definition) is 1. The molecule has 3 saturated carbocycles. The van der Waals surface area contributed by atoms with E-state index in [2.05, 4.69) is 90.4 Å². The Morgan fingerprint density at radius 3 is 1.30 bits per heavy atom. The van der Waals surface area contributed by atoms with Crippen molar-refractivity contribution in [1.82, 2.24) is 71.6 Å². The molecule has 22 nitrogen and oxygen atoms in total. The van der Waals surface area contributed by atoms with Crippen molar-refractivity contribution >= 4 is 62.0 Å². The lowest BCUT2D eigenvalue weighted by atomic mass is 9.82. The van der Waals surface area contributed by atoms with Gasteiger partial charge in [0.15, 0.2) is 17.1 Å². The van der Waals surface area contributed by atoms with E-state index in [-0.39, 0.29) is 80.8 Å². The SMILES string of the molecule is CC1(C)OB(c2cnn(CC3CC3(F)F)c2)OC1(C)C.Cc1cn2c(=O)c(-c3cnn(CC4CC4(F)F)c3)c(C(F)(F)F)nc2[nH]1.Cc1cn2c(=O)c(-c3cnn(CC4CC4(F)F)c3)c(C(F)(F)F)nc2n1COCC[Si](C)(C)C.Cc1cn2c(=O)c(Br)c(C(F)(F)F)nc2n1COCC[Si](C)(C)C. The number of aryl methyl sites for hydroxylation is 3. The molecule has 41 heteroatoms. The number of halogens is 16. The molecule has 9 aromatic heterocycles. The quantitative estimate of drug-likeness (QED) is 0.0453. The maximum absolute atomic E-state index is 14.0. The second-order valence-electron chi connectivity index (χ2n) is 29.9. The fraction of sp³-hybridized carbons (Fsp3) is 0.571. The highest BCUT2D eigenvalue weighted by molar-refractivity contribution is 9.10. The lowest BCUT2D eigenvalue weighted by Crippen LogP contribution is -2.41. The Kier molecular flexibility index (Phi) is 21.4. The minimum Gasteiger partial charge on any atom is -0.399 e. The third kappa shape index (κ3) is 17.9. The summed E-state index contributed by atoms with van der Waals surface area (Å²) in [5.74, 6) is -11.0. The molecule has 1 aliphatic heterocycles. The third-order valence-corrected chi connectivity index (χ3v) is 22.3. The van der Waals surface area contributed by atoms with E-state index >= 15 is 0 Å². The highest BCUT2D eigenvalue weighted by Gasteiger charge is 2.59. The molecule has 1 saturated heterocycles. The smallest absolute Gasteiger partial charge is 0.399 e. The van der Waals surface area contributed by atoms with Crippen molar-refractivity contribution in [2.45, 2.75) is 200 Å². The zero-order chi connectivity index (χ0) is 76.9. The summed E-state index contributed by atoms with van der Waals surface area (Å²) in [4.78, 5) is 51.5. The molecule has 0 aromatic carbocycles. The van der Waals surface area contributed by atoms with Crippen molar-refractivity contribution in [3.63, 3.8) is 0 Å². The first-order valence-corrected chi connectivity index (χ1v) is 40.9. The van der Waals surface area contributed by atoms with E-state index in [1.54, 1.807) is 37.8 Å². The zero-order valence-electron chi connectivity index (χ0n) is 58.7. The third-order valence-electron chi connectivity index (χ3n) is 18.2. The largest absolute Gasteiger partial charge is 0.498 e. The number of rotatable bonds is 19. The van der Waals surface area contributed by atoms with Crippen LogP contribution in [0.15, 0.2) is 74.6 Å². The molecule has 0 bridgehead atoms. The number of aromatic nitrogens is 15. The number of hydrogen-bond acceptors (Lipinski definition) is 13. The second kappa shape index (κ2) is 28.1. The molecular weight excluding hydrogens is 1510 g/mol. The Balaban J connectivity index is 0.000000151. The summed E-state index contributed by atoms with van der Waals surface area (Å²) in [6, 6.07) is 1.82. The number of aromatic amines is 1. The van der Waals surface area contributed by atoms with E-state index in [4.69, 9.17) is 18.8 Å². The Hall–Kier alpha value is -7.34. The van der Waals surface area contributed by atoms with Gasteiger partial charge in [0, 0.05) is 163 Å². The average Bonchev–Trinajstić information content (AvgIpc) is 1.42. The molecule has 4 fully saturated rings. The number of ether oxygens (including phenoxy) is 2. The molecule has 0 spiro atoms. The van der Waals surface area contributed by atoms with Gasteiger partial charge in [-0.25, -0.2) is 41.3 Å². The van der Waals surface area contributed by atoms with E-state index < -0.39 is 138 Å². The number of nitrogens with zero attached hydrogens (tertiary/aromatic N) is 14. The topological polar surface area (TPSA) is 219 Å². The van der Waals surface area contributed by atoms with Crippen LogP contribution in [-0.2, 0) is 70.4 Å². The molecule has 3 unspecified atom stereocenters. The molecule has 10 heterocycles. The van der Waals surface area contributed by atoms with Crippen LogP contribution in [0.4, 0.5) is 65.9 Å². The van der Waals surface area contributed by atoms with Crippen LogP contribution >= 0.6 is 15.9 Å². The van der Waals surface area contributed by atoms with Crippen molar-refractivity contribution in [2.75, 3.05) is 13.2 Å². The number of alkyl halides is 15. The van der Waals surface area contributed by atoms with Gasteiger partial charge in [0.2, 0.25) is 17.3 Å². The van der Waals surface area contributed by atoms with E-state index in [9.17, 15) is 80.2 Å². The van der Waals surface area contributed by atoms with Crippen LogP contribution < -0.4 is 22.1 Å². The van der Waals surface area contributed by atoms with Crippen molar-refractivity contribution in [3.05, 3.63) is 125 Å². The molecular formula is C63H76BBrF15N15O7Si2. The van der Waals surface area contributed by atoms with Crippen LogP contribution in [0.1, 0.15) is 81.1 Å². The van der Waals surface area contributed by atoms with Crippen molar-refractivity contribution in [1.29, 1.82) is 0 Å². The number of nitrogens with one attached hydrogen (secondary N) is 1. The van der Waals surface area contributed by atoms with E-state index in [0.717, 1.165) is 58.7 Å². The van der Waals surface area contributed by atoms with Gasteiger partial charge in [0.1, 0.15) is 17.9 Å². The summed E-state index contributed by atoms with van der Waals surface area (Å²) >= 11 is 2.70. The van der Waals surface area contributed by atoms with Crippen molar-refractivity contribution in [3.8, 4) is 22.3 Å². The summed E-state index contributed by atoms with van der Waals surface area (Å²) in [6.07, 6.45) is -3.09. The van der Waals surface area contributed by atoms with Gasteiger partial charge in [-0.05, 0) is 76.5 Å². The fourth-order valence-electron chi connectivity index (χ4n) is 11.0. The lowest BCUT2D eigenvalue weighted by molar-refractivity contribution is -0.142. The van der Waals surface area contributed by atoms with Crippen LogP contribution in [0, 0.1) is 38.5 Å². The first-order valence-electron chi connectivity index (χ1n) is 32.7. The molecule has 0 radical (unpaired) electrons. The Bertz CT molecular complexity index is 4830. The van der Waals surface area contributed by atoms with Gasteiger partial charge < -0.3 is 23.8 Å². The van der Waals surface area contributed by atoms with E-state index in [1.807, 2.05) is 27.7 Å². The maximum Gasteiger partial charge on any atom is 0.498 e. The summed E-state index contributed by atoms with van der Waals surface area (Å²) in [5.41, 5.74) is -6.62. The zero-order valence-corrected chi connectivity index (χ0v) is 62.2. The fourth-order valence-corrected chi connectivity index (χ4v) is 13.0. The molecule has 0 amide bonds. The van der Waals surface area contributed by atoms with Crippen LogP contribution in [0.3, 0.4) is 0 Å². The molecule has 568 valence electrons. The molecule has 13 rings (SSSR count). The molecule has 1 N–H and O–H groups in total. The molecule has 9 aromatic rings. The summed E-state index contributed by atoms with van der Waals surface area (Å²) < 4.78 is 232. The first-order chi connectivity index (χ1) is 47.8. The minimum absolute atomic E-state index is 0.0383. The summed E-state index contributed by atoms with van der Waals surface area (Å²) in [5, 5.41) is 11.8. The molecule has 3 aliphatic carbocycles. The van der Waals surface area contributed by atoms with Crippen molar-refractivity contribution < 1.29 is 84.6 Å². The predicted molar refractivity (Wildman–Crippen MR) is 359 cm³/mol. The Morgan fingerprint density at radius 2 is 0.904 bits per heavy atom. The highest BCUT2D eigenvalue weighted by Crippen LogP contribution is 2.51. The van der Waals surface area contributed by atoms with Gasteiger partial charge in [-0.3, -0.25) is 50.8 Å². The number of imidazole rings is 3. The van der Waals surface area contributed by atoms with Crippen LogP contribution in [0.5, 0.6) is 0 Å². The number of fused-ring (bicyclic) bond motifs is 3. The van der Waals surface area contributed by atoms with Gasteiger partial charge in [0.05, 0.1) is 34.7 Å². The monoisotopic (exact) mass is 1590 g/mol. The summed E-state index contributed by atoms with van der Waals surface area (Å²) in [6.45, 7) is 27.0. The number of H-pyrrole nitrogens is 1. The normalized spacial score (nSPS) is 19.4.